The van der Waals surface area contributed by atoms with Gasteiger partial charge in [0.05, 0.1) is 28.9 Å². The van der Waals surface area contributed by atoms with Crippen molar-refractivity contribution in [2.45, 2.75) is 26.8 Å². The molecule has 0 amide bonds. The van der Waals surface area contributed by atoms with Crippen molar-refractivity contribution in [3.8, 4) is 17.4 Å². The van der Waals surface area contributed by atoms with Crippen LogP contribution >= 0.6 is 11.6 Å². The van der Waals surface area contributed by atoms with E-state index in [0.717, 1.165) is 17.8 Å². The lowest BCUT2D eigenvalue weighted by Gasteiger charge is -2.19. The number of anilines is 1. The highest BCUT2D eigenvalue weighted by Gasteiger charge is 2.22. The second kappa shape index (κ2) is 8.60. The van der Waals surface area contributed by atoms with Crippen molar-refractivity contribution in [1.82, 2.24) is 9.97 Å². The van der Waals surface area contributed by atoms with Gasteiger partial charge in [-0.25, -0.2) is 14.4 Å². The summed E-state index contributed by atoms with van der Waals surface area (Å²) in [5, 5.41) is 13.1. The molecule has 0 fully saturated rings. The lowest BCUT2D eigenvalue weighted by molar-refractivity contribution is 0.547. The number of aryl methyl sites for hydroxylation is 1. The lowest BCUT2D eigenvalue weighted by Crippen LogP contribution is -2.13. The van der Waals surface area contributed by atoms with Crippen LogP contribution in [0.1, 0.15) is 35.3 Å². The summed E-state index contributed by atoms with van der Waals surface area (Å²) in [7, 11) is 0. The number of pyridine rings is 2. The molecule has 9 heteroatoms. The standard InChI is InChI=1S/C24H17ClF2N4O2/c1-11-6-15(13(3)30-18-4-5-20(25)31-19(18)9-28)23-16(7-11)21(32)12(2)22(33-23)17-8-14(26)10-29-24(17)27/h4-8,10,13,30H,1-3H3. The van der Waals surface area contributed by atoms with E-state index in [2.05, 4.69) is 15.3 Å². The van der Waals surface area contributed by atoms with Crippen molar-refractivity contribution in [2.75, 3.05) is 5.32 Å². The van der Waals surface area contributed by atoms with Crippen LogP contribution in [0.25, 0.3) is 22.3 Å². The third-order valence-corrected chi connectivity index (χ3v) is 5.46. The second-order valence-electron chi connectivity index (χ2n) is 7.62. The van der Waals surface area contributed by atoms with E-state index in [1.165, 1.54) is 6.92 Å². The molecule has 1 aromatic carbocycles. The molecule has 0 saturated carbocycles. The van der Waals surface area contributed by atoms with Gasteiger partial charge in [-0.3, -0.25) is 4.79 Å². The molecule has 6 nitrogen and oxygen atoms in total. The van der Waals surface area contributed by atoms with E-state index in [1.54, 1.807) is 18.2 Å². The highest BCUT2D eigenvalue weighted by molar-refractivity contribution is 6.29. The molecule has 0 aliphatic carbocycles. The zero-order chi connectivity index (χ0) is 23.9. The minimum atomic E-state index is -0.951. The average Bonchev–Trinajstić information content (AvgIpc) is 2.79. The summed E-state index contributed by atoms with van der Waals surface area (Å²) in [6, 6.07) is 9.15. The molecule has 0 saturated heterocycles. The average molecular weight is 467 g/mol. The Morgan fingerprint density at radius 3 is 2.70 bits per heavy atom. The minimum Gasteiger partial charge on any atom is -0.455 e. The summed E-state index contributed by atoms with van der Waals surface area (Å²) in [4.78, 5) is 20.6. The number of hydrogen-bond acceptors (Lipinski definition) is 6. The topological polar surface area (TPSA) is 91.8 Å². The number of halogens is 3. The molecule has 4 aromatic rings. The van der Waals surface area contributed by atoms with Gasteiger partial charge in [0, 0.05) is 11.1 Å². The Balaban J connectivity index is 1.92. The van der Waals surface area contributed by atoms with Gasteiger partial charge in [0.15, 0.2) is 11.1 Å². The molecular formula is C24H17ClF2N4O2. The van der Waals surface area contributed by atoms with Gasteiger partial charge < -0.3 is 9.73 Å². The summed E-state index contributed by atoms with van der Waals surface area (Å²) >= 11 is 5.88. The Hall–Kier alpha value is -3.83. The molecule has 0 radical (unpaired) electrons. The molecule has 1 atom stereocenters. The first kappa shape index (κ1) is 22.4. The van der Waals surface area contributed by atoms with E-state index in [0.29, 0.717) is 16.6 Å². The van der Waals surface area contributed by atoms with Crippen molar-refractivity contribution < 1.29 is 13.2 Å². The highest BCUT2D eigenvalue weighted by atomic mass is 35.5. The van der Waals surface area contributed by atoms with Crippen molar-refractivity contribution >= 4 is 28.3 Å². The normalized spacial score (nSPS) is 11.9. The molecule has 1 unspecified atom stereocenters. The molecule has 0 aliphatic heterocycles. The lowest BCUT2D eigenvalue weighted by atomic mass is 9.99. The van der Waals surface area contributed by atoms with Crippen LogP contribution in [-0.2, 0) is 0 Å². The van der Waals surface area contributed by atoms with Gasteiger partial charge in [-0.05, 0) is 50.6 Å². The first-order chi connectivity index (χ1) is 15.7. The van der Waals surface area contributed by atoms with Crippen molar-refractivity contribution in [2.24, 2.45) is 0 Å². The first-order valence-electron chi connectivity index (χ1n) is 9.92. The fraction of sp³-hybridized carbons (Fsp3) is 0.167. The van der Waals surface area contributed by atoms with Crippen molar-refractivity contribution in [3.63, 3.8) is 0 Å². The van der Waals surface area contributed by atoms with Crippen LogP contribution in [0.2, 0.25) is 5.15 Å². The predicted octanol–water partition coefficient (Wildman–Crippen LogP) is 5.84. The Kier molecular flexibility index (Phi) is 5.83. The third-order valence-electron chi connectivity index (χ3n) is 5.25. The SMILES string of the molecule is Cc1cc(C(C)Nc2ccc(Cl)nc2C#N)c2oc(-c3cc(F)cnc3F)c(C)c(=O)c2c1. The van der Waals surface area contributed by atoms with Crippen LogP contribution in [0.5, 0.6) is 0 Å². The van der Waals surface area contributed by atoms with E-state index >= 15 is 0 Å². The van der Waals surface area contributed by atoms with Gasteiger partial charge in [-0.1, -0.05) is 17.7 Å². The number of rotatable bonds is 4. The zero-order valence-corrected chi connectivity index (χ0v) is 18.6. The van der Waals surface area contributed by atoms with E-state index in [-0.39, 0.29) is 38.7 Å². The van der Waals surface area contributed by atoms with Crippen LogP contribution in [-0.4, -0.2) is 9.97 Å². The van der Waals surface area contributed by atoms with Crippen LogP contribution in [0.3, 0.4) is 0 Å². The Morgan fingerprint density at radius 2 is 1.97 bits per heavy atom. The summed E-state index contributed by atoms with van der Waals surface area (Å²) in [6.45, 7) is 5.14. The van der Waals surface area contributed by atoms with E-state index in [9.17, 15) is 18.8 Å². The summed E-state index contributed by atoms with van der Waals surface area (Å²) in [6.07, 6.45) is 0.751. The molecule has 0 aliphatic rings. The number of nitriles is 1. The quantitative estimate of drug-likeness (QED) is 0.380. The number of aromatic nitrogens is 2. The number of nitrogens with zero attached hydrogens (tertiary/aromatic N) is 3. The summed E-state index contributed by atoms with van der Waals surface area (Å²) in [5.41, 5.74) is 1.70. The fourth-order valence-corrected chi connectivity index (χ4v) is 3.82. The molecule has 0 spiro atoms. The first-order valence-corrected chi connectivity index (χ1v) is 10.3. The molecule has 33 heavy (non-hydrogen) atoms. The second-order valence-corrected chi connectivity index (χ2v) is 8.00. The van der Waals surface area contributed by atoms with Crippen LogP contribution < -0.4 is 10.7 Å². The maximum Gasteiger partial charge on any atom is 0.224 e. The van der Waals surface area contributed by atoms with Crippen molar-refractivity contribution in [3.05, 3.63) is 86.1 Å². The molecular weight excluding hydrogens is 450 g/mol. The predicted molar refractivity (Wildman–Crippen MR) is 121 cm³/mol. The smallest absolute Gasteiger partial charge is 0.224 e. The van der Waals surface area contributed by atoms with Gasteiger partial charge in [-0.15, -0.1) is 0 Å². The van der Waals surface area contributed by atoms with Gasteiger partial charge in [0.2, 0.25) is 5.95 Å². The Labute approximate surface area is 192 Å². The minimum absolute atomic E-state index is 0.0971. The molecule has 1 N–H and O–H groups in total. The van der Waals surface area contributed by atoms with E-state index in [4.69, 9.17) is 16.0 Å². The Bertz CT molecular complexity index is 1510. The number of fused-ring (bicyclic) bond motifs is 1. The third kappa shape index (κ3) is 4.15. The maximum absolute atomic E-state index is 14.4. The molecule has 0 bridgehead atoms. The number of hydrogen-bond donors (Lipinski definition) is 1. The van der Waals surface area contributed by atoms with Gasteiger partial charge in [0.25, 0.3) is 0 Å². The number of benzene rings is 1. The monoisotopic (exact) mass is 466 g/mol. The van der Waals surface area contributed by atoms with Gasteiger partial charge in [0.1, 0.15) is 28.4 Å². The van der Waals surface area contributed by atoms with Crippen LogP contribution in [0.15, 0.2) is 45.7 Å². The largest absolute Gasteiger partial charge is 0.455 e. The van der Waals surface area contributed by atoms with Gasteiger partial charge in [-0.2, -0.15) is 9.65 Å². The fourth-order valence-electron chi connectivity index (χ4n) is 3.68. The van der Waals surface area contributed by atoms with Crippen LogP contribution in [0.4, 0.5) is 14.5 Å². The maximum atomic E-state index is 14.4. The summed E-state index contributed by atoms with van der Waals surface area (Å²) in [5.74, 6) is -1.81. The van der Waals surface area contributed by atoms with Gasteiger partial charge >= 0.3 is 0 Å². The molecule has 166 valence electrons. The van der Waals surface area contributed by atoms with E-state index in [1.807, 2.05) is 26.0 Å². The molecule has 3 heterocycles. The highest BCUT2D eigenvalue weighted by Crippen LogP contribution is 2.33. The van der Waals surface area contributed by atoms with Crippen molar-refractivity contribution in [1.29, 1.82) is 5.26 Å². The molecule has 3 aromatic heterocycles. The molecule has 4 rings (SSSR count). The summed E-state index contributed by atoms with van der Waals surface area (Å²) < 4.78 is 34.2. The van der Waals surface area contributed by atoms with Crippen LogP contribution in [0, 0.1) is 36.9 Å². The zero-order valence-electron chi connectivity index (χ0n) is 17.8. The Morgan fingerprint density at radius 1 is 1.21 bits per heavy atom. The van der Waals surface area contributed by atoms with E-state index < -0.39 is 17.8 Å². The number of nitrogens with one attached hydrogen (secondary N) is 1.